The van der Waals surface area contributed by atoms with Gasteiger partial charge in [0.25, 0.3) is 0 Å². The zero-order chi connectivity index (χ0) is 18.0. The first kappa shape index (κ1) is 22.4. The van der Waals surface area contributed by atoms with Gasteiger partial charge in [-0.25, -0.2) is 4.79 Å². The predicted octanol–water partition coefficient (Wildman–Crippen LogP) is 4.16. The molecule has 0 saturated carbocycles. The van der Waals surface area contributed by atoms with Crippen LogP contribution in [0.1, 0.15) is 58.3 Å². The summed E-state index contributed by atoms with van der Waals surface area (Å²) in [6, 6.07) is 0. The lowest BCUT2D eigenvalue weighted by Gasteiger charge is -2.17. The fourth-order valence-electron chi connectivity index (χ4n) is 2.17. The Kier molecular flexibility index (Phi) is 15.1. The standard InChI is InChI=1S/C20H32O4/c1-2-3-12-15-18(21)19(22)16-13-10-8-6-4-5-7-9-11-14-17-20(23)24/h4-7,9,11,14,17-19,21-22H,2-3,8,10,12-13,15-16H2,1H3,(H,23,24). The minimum absolute atomic E-state index is 0.586. The SMILES string of the molecule is CCCCCC(O)C(O)CCCCC=CC=CC=CC=CC(=O)O. The van der Waals surface area contributed by atoms with Gasteiger partial charge in [-0.2, -0.15) is 0 Å². The number of hydrogen-bond acceptors (Lipinski definition) is 3. The zero-order valence-electron chi connectivity index (χ0n) is 14.7. The van der Waals surface area contributed by atoms with E-state index in [2.05, 4.69) is 13.0 Å². The van der Waals surface area contributed by atoms with Crippen molar-refractivity contribution in [2.45, 2.75) is 70.5 Å². The summed E-state index contributed by atoms with van der Waals surface area (Å²) in [5, 5.41) is 28.1. The normalized spacial score (nSPS) is 15.1. The summed E-state index contributed by atoms with van der Waals surface area (Å²) in [6.07, 6.45) is 19.9. The molecular weight excluding hydrogens is 304 g/mol. The Hall–Kier alpha value is -1.65. The molecule has 0 aliphatic rings. The Labute approximate surface area is 145 Å². The molecule has 0 bridgehead atoms. The average molecular weight is 336 g/mol. The third-order valence-corrected chi connectivity index (χ3v) is 3.60. The minimum Gasteiger partial charge on any atom is -0.478 e. The van der Waals surface area contributed by atoms with Crippen LogP contribution in [-0.2, 0) is 4.79 Å². The smallest absolute Gasteiger partial charge is 0.328 e. The quantitative estimate of drug-likeness (QED) is 0.253. The maximum absolute atomic E-state index is 10.2. The first-order valence-corrected chi connectivity index (χ1v) is 8.83. The minimum atomic E-state index is -0.956. The molecule has 0 heterocycles. The molecule has 0 amide bonds. The number of carbonyl (C=O) groups is 1. The maximum atomic E-state index is 10.2. The van der Waals surface area contributed by atoms with Crippen LogP contribution in [-0.4, -0.2) is 33.5 Å². The maximum Gasteiger partial charge on any atom is 0.328 e. The Bertz CT molecular complexity index is 421. The number of carboxylic acids is 1. The molecule has 0 aliphatic carbocycles. The summed E-state index contributed by atoms with van der Waals surface area (Å²) in [4.78, 5) is 10.2. The molecule has 0 aromatic rings. The molecule has 2 atom stereocenters. The Morgan fingerprint density at radius 1 is 0.833 bits per heavy atom. The van der Waals surface area contributed by atoms with Gasteiger partial charge in [0, 0.05) is 6.08 Å². The van der Waals surface area contributed by atoms with Crippen molar-refractivity contribution < 1.29 is 20.1 Å². The van der Waals surface area contributed by atoms with Crippen molar-refractivity contribution in [3.05, 3.63) is 48.6 Å². The highest BCUT2D eigenvalue weighted by Gasteiger charge is 2.14. The number of unbranched alkanes of at least 4 members (excludes halogenated alkanes) is 4. The van der Waals surface area contributed by atoms with Crippen molar-refractivity contribution in [1.82, 2.24) is 0 Å². The van der Waals surface area contributed by atoms with Crippen molar-refractivity contribution in [2.24, 2.45) is 0 Å². The molecule has 2 unspecified atom stereocenters. The fraction of sp³-hybridized carbons (Fsp3) is 0.550. The van der Waals surface area contributed by atoms with E-state index in [0.717, 1.165) is 44.6 Å². The molecular formula is C20H32O4. The van der Waals surface area contributed by atoms with Crippen molar-refractivity contribution in [1.29, 1.82) is 0 Å². The average Bonchev–Trinajstić information content (AvgIpc) is 2.55. The summed E-state index contributed by atoms with van der Waals surface area (Å²) in [6.45, 7) is 2.12. The number of allylic oxidation sites excluding steroid dienone is 7. The highest BCUT2D eigenvalue weighted by molar-refractivity contribution is 5.80. The third-order valence-electron chi connectivity index (χ3n) is 3.60. The molecule has 0 saturated heterocycles. The van der Waals surface area contributed by atoms with Crippen LogP contribution in [0.5, 0.6) is 0 Å². The second-order valence-electron chi connectivity index (χ2n) is 5.81. The highest BCUT2D eigenvalue weighted by Crippen LogP contribution is 2.12. The van der Waals surface area contributed by atoms with E-state index in [0.29, 0.717) is 12.8 Å². The molecule has 0 aromatic heterocycles. The number of aliphatic carboxylic acids is 1. The molecule has 0 radical (unpaired) electrons. The Morgan fingerprint density at radius 2 is 1.38 bits per heavy atom. The summed E-state index contributed by atoms with van der Waals surface area (Å²) in [7, 11) is 0. The zero-order valence-corrected chi connectivity index (χ0v) is 14.7. The van der Waals surface area contributed by atoms with Gasteiger partial charge in [-0.3, -0.25) is 0 Å². The van der Waals surface area contributed by atoms with Gasteiger partial charge in [0.2, 0.25) is 0 Å². The topological polar surface area (TPSA) is 77.8 Å². The van der Waals surface area contributed by atoms with Crippen molar-refractivity contribution in [2.75, 3.05) is 0 Å². The largest absolute Gasteiger partial charge is 0.478 e. The van der Waals surface area contributed by atoms with Crippen molar-refractivity contribution in [3.8, 4) is 0 Å². The molecule has 0 spiro atoms. The van der Waals surface area contributed by atoms with Gasteiger partial charge in [-0.1, -0.05) is 75.1 Å². The molecule has 136 valence electrons. The van der Waals surface area contributed by atoms with Gasteiger partial charge in [-0.05, 0) is 25.7 Å². The van der Waals surface area contributed by atoms with Crippen molar-refractivity contribution in [3.63, 3.8) is 0 Å². The Balaban J connectivity index is 3.65. The van der Waals surface area contributed by atoms with Gasteiger partial charge >= 0.3 is 5.97 Å². The predicted molar refractivity (Wildman–Crippen MR) is 98.8 cm³/mol. The molecule has 24 heavy (non-hydrogen) atoms. The van der Waals surface area contributed by atoms with Crippen LogP contribution in [0.15, 0.2) is 48.6 Å². The number of aliphatic hydroxyl groups is 2. The summed E-state index contributed by atoms with van der Waals surface area (Å²) >= 11 is 0. The lowest BCUT2D eigenvalue weighted by Crippen LogP contribution is -2.25. The third kappa shape index (κ3) is 15.3. The summed E-state index contributed by atoms with van der Waals surface area (Å²) in [5.41, 5.74) is 0. The van der Waals surface area contributed by atoms with Gasteiger partial charge in [-0.15, -0.1) is 0 Å². The van der Waals surface area contributed by atoms with E-state index in [9.17, 15) is 15.0 Å². The fourth-order valence-corrected chi connectivity index (χ4v) is 2.17. The van der Waals surface area contributed by atoms with E-state index in [1.165, 1.54) is 6.08 Å². The second kappa shape index (κ2) is 16.2. The van der Waals surface area contributed by atoms with E-state index in [1.54, 1.807) is 12.2 Å². The molecule has 4 nitrogen and oxygen atoms in total. The van der Waals surface area contributed by atoms with E-state index in [-0.39, 0.29) is 0 Å². The number of carboxylic acid groups (broad SMARTS) is 1. The molecule has 0 fully saturated rings. The van der Waals surface area contributed by atoms with Crippen molar-refractivity contribution >= 4 is 5.97 Å². The number of hydrogen-bond donors (Lipinski definition) is 3. The van der Waals surface area contributed by atoms with Crippen LogP contribution in [0, 0.1) is 0 Å². The Morgan fingerprint density at radius 3 is 1.96 bits per heavy atom. The van der Waals surface area contributed by atoms with Gasteiger partial charge < -0.3 is 15.3 Å². The molecule has 0 rings (SSSR count). The molecule has 0 aliphatic heterocycles. The van der Waals surface area contributed by atoms with Crippen LogP contribution in [0.3, 0.4) is 0 Å². The number of aliphatic hydroxyl groups excluding tert-OH is 2. The van der Waals surface area contributed by atoms with Gasteiger partial charge in [0.1, 0.15) is 0 Å². The lowest BCUT2D eigenvalue weighted by atomic mass is 10.0. The lowest BCUT2D eigenvalue weighted by molar-refractivity contribution is -0.131. The van der Waals surface area contributed by atoms with Gasteiger partial charge in [0.05, 0.1) is 12.2 Å². The van der Waals surface area contributed by atoms with E-state index < -0.39 is 18.2 Å². The first-order valence-electron chi connectivity index (χ1n) is 8.83. The van der Waals surface area contributed by atoms with E-state index in [4.69, 9.17) is 5.11 Å². The van der Waals surface area contributed by atoms with Crippen LogP contribution in [0.4, 0.5) is 0 Å². The van der Waals surface area contributed by atoms with E-state index >= 15 is 0 Å². The first-order chi connectivity index (χ1) is 11.6. The van der Waals surface area contributed by atoms with E-state index in [1.807, 2.05) is 18.2 Å². The molecule has 0 aromatic carbocycles. The van der Waals surface area contributed by atoms with Gasteiger partial charge in [0.15, 0.2) is 0 Å². The monoisotopic (exact) mass is 336 g/mol. The second-order valence-corrected chi connectivity index (χ2v) is 5.81. The summed E-state index contributed by atoms with van der Waals surface area (Å²) in [5.74, 6) is -0.956. The number of rotatable bonds is 14. The summed E-state index contributed by atoms with van der Waals surface area (Å²) < 4.78 is 0. The molecule has 4 heteroatoms. The van der Waals surface area contributed by atoms with Crippen LogP contribution in [0.2, 0.25) is 0 Å². The van der Waals surface area contributed by atoms with Crippen LogP contribution < -0.4 is 0 Å². The molecule has 3 N–H and O–H groups in total. The van der Waals surface area contributed by atoms with Crippen LogP contribution in [0.25, 0.3) is 0 Å². The highest BCUT2D eigenvalue weighted by atomic mass is 16.4. The van der Waals surface area contributed by atoms with Crippen LogP contribution >= 0.6 is 0 Å².